The number of amides is 1. The molecule has 2 N–H and O–H groups in total. The van der Waals surface area contributed by atoms with Crippen LogP contribution < -0.4 is 10.6 Å². The van der Waals surface area contributed by atoms with E-state index in [-0.39, 0.29) is 11.7 Å². The van der Waals surface area contributed by atoms with Gasteiger partial charge in [0.2, 0.25) is 5.91 Å². The third-order valence-corrected chi connectivity index (χ3v) is 3.76. The highest BCUT2D eigenvalue weighted by Gasteiger charge is 2.05. The highest BCUT2D eigenvalue weighted by atomic mass is 32.1. The lowest BCUT2D eigenvalue weighted by atomic mass is 10.3. The van der Waals surface area contributed by atoms with E-state index in [0.29, 0.717) is 10.6 Å². The van der Waals surface area contributed by atoms with Crippen molar-refractivity contribution in [3.63, 3.8) is 0 Å². The first-order valence-corrected chi connectivity index (χ1v) is 7.12. The number of rotatable bonds is 3. The quantitative estimate of drug-likeness (QED) is 0.764. The van der Waals surface area contributed by atoms with Gasteiger partial charge in [0.1, 0.15) is 5.82 Å². The van der Waals surface area contributed by atoms with Gasteiger partial charge in [0.05, 0.1) is 10.2 Å². The third kappa shape index (κ3) is 3.17. The van der Waals surface area contributed by atoms with Crippen molar-refractivity contribution in [3.05, 3.63) is 48.3 Å². The molecule has 0 radical (unpaired) electrons. The van der Waals surface area contributed by atoms with Crippen LogP contribution in [-0.4, -0.2) is 10.9 Å². The smallest absolute Gasteiger partial charge is 0.221 e. The zero-order chi connectivity index (χ0) is 14.8. The fourth-order valence-corrected chi connectivity index (χ4v) is 2.78. The molecule has 0 aliphatic carbocycles. The molecule has 6 heteroatoms. The van der Waals surface area contributed by atoms with Gasteiger partial charge in [-0.3, -0.25) is 4.79 Å². The molecular weight excluding hydrogens is 289 g/mol. The minimum atomic E-state index is -0.293. The SMILES string of the molecule is CC(=O)Nc1ccc(Nc2nc3cc(F)ccc3s2)cc1. The van der Waals surface area contributed by atoms with Crippen molar-refractivity contribution in [2.45, 2.75) is 6.92 Å². The molecule has 0 bridgehead atoms. The van der Waals surface area contributed by atoms with Crippen molar-refractivity contribution in [1.82, 2.24) is 4.98 Å². The molecule has 1 aromatic heterocycles. The van der Waals surface area contributed by atoms with Gasteiger partial charge in [-0.25, -0.2) is 9.37 Å². The maximum absolute atomic E-state index is 13.1. The Morgan fingerprint density at radius 2 is 1.86 bits per heavy atom. The summed E-state index contributed by atoms with van der Waals surface area (Å²) in [6, 6.07) is 11.8. The van der Waals surface area contributed by atoms with Crippen molar-refractivity contribution in [2.24, 2.45) is 0 Å². The van der Waals surface area contributed by atoms with E-state index in [1.165, 1.54) is 30.4 Å². The van der Waals surface area contributed by atoms with E-state index in [0.717, 1.165) is 16.1 Å². The van der Waals surface area contributed by atoms with Crippen LogP contribution in [-0.2, 0) is 4.79 Å². The number of carbonyl (C=O) groups is 1. The fraction of sp³-hybridized carbons (Fsp3) is 0.0667. The van der Waals surface area contributed by atoms with Crippen molar-refractivity contribution in [1.29, 1.82) is 0 Å². The maximum Gasteiger partial charge on any atom is 0.221 e. The monoisotopic (exact) mass is 301 g/mol. The summed E-state index contributed by atoms with van der Waals surface area (Å²) in [6.07, 6.45) is 0. The van der Waals surface area contributed by atoms with Crippen molar-refractivity contribution >= 4 is 44.0 Å². The number of nitrogens with one attached hydrogen (secondary N) is 2. The van der Waals surface area contributed by atoms with Gasteiger partial charge in [0, 0.05) is 24.4 Å². The van der Waals surface area contributed by atoms with E-state index < -0.39 is 0 Å². The average Bonchev–Trinajstić information content (AvgIpc) is 2.82. The predicted octanol–water partition coefficient (Wildman–Crippen LogP) is 4.14. The third-order valence-electron chi connectivity index (χ3n) is 2.81. The van der Waals surface area contributed by atoms with Gasteiger partial charge < -0.3 is 10.6 Å². The molecule has 4 nitrogen and oxygen atoms in total. The molecule has 0 unspecified atom stereocenters. The van der Waals surface area contributed by atoms with Gasteiger partial charge in [0.25, 0.3) is 0 Å². The molecule has 0 atom stereocenters. The molecule has 21 heavy (non-hydrogen) atoms. The normalized spacial score (nSPS) is 10.6. The molecule has 106 valence electrons. The van der Waals surface area contributed by atoms with Gasteiger partial charge in [-0.2, -0.15) is 0 Å². The molecular formula is C15H12FN3OS. The number of aromatic nitrogens is 1. The van der Waals surface area contributed by atoms with E-state index in [2.05, 4.69) is 15.6 Å². The van der Waals surface area contributed by atoms with Crippen LogP contribution >= 0.6 is 11.3 Å². The van der Waals surface area contributed by atoms with Gasteiger partial charge in [0.15, 0.2) is 5.13 Å². The lowest BCUT2D eigenvalue weighted by molar-refractivity contribution is -0.114. The van der Waals surface area contributed by atoms with Crippen LogP contribution in [0.15, 0.2) is 42.5 Å². The second-order valence-electron chi connectivity index (χ2n) is 4.51. The first-order valence-electron chi connectivity index (χ1n) is 6.31. The lowest BCUT2D eigenvalue weighted by Crippen LogP contribution is -2.05. The molecule has 0 aliphatic rings. The molecule has 0 saturated heterocycles. The highest BCUT2D eigenvalue weighted by molar-refractivity contribution is 7.22. The molecule has 0 aliphatic heterocycles. The van der Waals surface area contributed by atoms with Gasteiger partial charge in [-0.1, -0.05) is 11.3 Å². The van der Waals surface area contributed by atoms with Crippen molar-refractivity contribution < 1.29 is 9.18 Å². The molecule has 1 heterocycles. The number of carbonyl (C=O) groups excluding carboxylic acids is 1. The van der Waals surface area contributed by atoms with E-state index in [4.69, 9.17) is 0 Å². The summed E-state index contributed by atoms with van der Waals surface area (Å²) < 4.78 is 14.1. The Bertz CT molecular complexity index is 798. The second-order valence-corrected chi connectivity index (χ2v) is 5.55. The molecule has 0 fully saturated rings. The molecule has 1 amide bonds. The van der Waals surface area contributed by atoms with E-state index in [9.17, 15) is 9.18 Å². The number of nitrogens with zero attached hydrogens (tertiary/aromatic N) is 1. The molecule has 0 saturated carbocycles. The second kappa shape index (κ2) is 5.49. The number of hydrogen-bond donors (Lipinski definition) is 2. The Morgan fingerprint density at radius 3 is 2.57 bits per heavy atom. The Kier molecular flexibility index (Phi) is 3.53. The summed E-state index contributed by atoms with van der Waals surface area (Å²) in [4.78, 5) is 15.3. The van der Waals surface area contributed by atoms with Crippen molar-refractivity contribution in [2.75, 3.05) is 10.6 Å². The number of halogens is 1. The van der Waals surface area contributed by atoms with Crippen LogP contribution in [0.25, 0.3) is 10.2 Å². The minimum Gasteiger partial charge on any atom is -0.332 e. The van der Waals surface area contributed by atoms with Gasteiger partial charge in [-0.15, -0.1) is 0 Å². The van der Waals surface area contributed by atoms with Crippen LogP contribution in [0.3, 0.4) is 0 Å². The Labute approximate surface area is 124 Å². The first-order chi connectivity index (χ1) is 10.1. The summed E-state index contributed by atoms with van der Waals surface area (Å²) in [5, 5.41) is 6.56. The van der Waals surface area contributed by atoms with Crippen LogP contribution in [0.5, 0.6) is 0 Å². The maximum atomic E-state index is 13.1. The summed E-state index contributed by atoms with van der Waals surface area (Å²) in [5.41, 5.74) is 2.22. The number of anilines is 3. The topological polar surface area (TPSA) is 54.0 Å². The van der Waals surface area contributed by atoms with Gasteiger partial charge >= 0.3 is 0 Å². The van der Waals surface area contributed by atoms with E-state index in [1.807, 2.05) is 12.1 Å². The number of hydrogen-bond acceptors (Lipinski definition) is 4. The average molecular weight is 301 g/mol. The lowest BCUT2D eigenvalue weighted by Gasteiger charge is -2.05. The molecule has 0 spiro atoms. The summed E-state index contributed by atoms with van der Waals surface area (Å²) in [6.45, 7) is 1.46. The first kappa shape index (κ1) is 13.5. The Morgan fingerprint density at radius 1 is 1.14 bits per heavy atom. The van der Waals surface area contributed by atoms with E-state index in [1.54, 1.807) is 18.2 Å². The predicted molar refractivity (Wildman–Crippen MR) is 83.6 cm³/mol. The standard InChI is InChI=1S/C15H12FN3OS/c1-9(20)17-11-3-5-12(6-4-11)18-15-19-13-8-10(16)2-7-14(13)21-15/h2-8H,1H3,(H,17,20)(H,18,19). The Hall–Kier alpha value is -2.47. The molecule has 2 aromatic carbocycles. The summed E-state index contributed by atoms with van der Waals surface area (Å²) in [5.74, 6) is -0.400. The molecule has 3 aromatic rings. The zero-order valence-electron chi connectivity index (χ0n) is 11.2. The molecule has 3 rings (SSSR count). The number of fused-ring (bicyclic) bond motifs is 1. The van der Waals surface area contributed by atoms with Crippen LogP contribution in [0, 0.1) is 5.82 Å². The minimum absolute atomic E-state index is 0.107. The van der Waals surface area contributed by atoms with E-state index >= 15 is 0 Å². The number of thiazole rings is 1. The van der Waals surface area contributed by atoms with Crippen LogP contribution in [0.1, 0.15) is 6.92 Å². The number of benzene rings is 2. The van der Waals surface area contributed by atoms with Crippen molar-refractivity contribution in [3.8, 4) is 0 Å². The van der Waals surface area contributed by atoms with Crippen LogP contribution in [0.2, 0.25) is 0 Å². The highest BCUT2D eigenvalue weighted by Crippen LogP contribution is 2.29. The largest absolute Gasteiger partial charge is 0.332 e. The summed E-state index contributed by atoms with van der Waals surface area (Å²) in [7, 11) is 0. The summed E-state index contributed by atoms with van der Waals surface area (Å²) >= 11 is 1.46. The van der Waals surface area contributed by atoms with Crippen LogP contribution in [0.4, 0.5) is 20.9 Å². The van der Waals surface area contributed by atoms with Gasteiger partial charge in [-0.05, 0) is 36.4 Å². The zero-order valence-corrected chi connectivity index (χ0v) is 12.0. The Balaban J connectivity index is 1.79. The fourth-order valence-electron chi connectivity index (χ4n) is 1.92.